The zero-order valence-electron chi connectivity index (χ0n) is 15.8. The van der Waals surface area contributed by atoms with E-state index in [-0.39, 0.29) is 29.0 Å². The molecule has 2 aliphatic rings. The highest BCUT2D eigenvalue weighted by atomic mass is 32.1. The van der Waals surface area contributed by atoms with E-state index in [2.05, 4.69) is 0 Å². The van der Waals surface area contributed by atoms with Crippen LogP contribution in [0.1, 0.15) is 66.2 Å². The Labute approximate surface area is 156 Å². The van der Waals surface area contributed by atoms with Crippen molar-refractivity contribution in [2.45, 2.75) is 89.9 Å². The molecule has 2 atom stereocenters. The molecule has 0 radical (unpaired) electrons. The molecule has 0 bridgehead atoms. The van der Waals surface area contributed by atoms with Crippen LogP contribution in [0.4, 0.5) is 4.79 Å². The van der Waals surface area contributed by atoms with E-state index in [1.54, 1.807) is 11.8 Å². The van der Waals surface area contributed by atoms with Gasteiger partial charge in [0.15, 0.2) is 0 Å². The SMILES string of the molecule is CC(=O)N(C1CCCCC1)[C@H]1C[C@H](C(N)=S)N(C(=O)OC(C)(C)C)C1. The summed E-state index contributed by atoms with van der Waals surface area (Å²) in [6.07, 6.45) is 5.75. The van der Waals surface area contributed by atoms with Gasteiger partial charge in [-0.2, -0.15) is 0 Å². The van der Waals surface area contributed by atoms with Gasteiger partial charge in [0.2, 0.25) is 5.91 Å². The maximum Gasteiger partial charge on any atom is 0.410 e. The van der Waals surface area contributed by atoms with E-state index in [4.69, 9.17) is 22.7 Å². The highest BCUT2D eigenvalue weighted by Gasteiger charge is 2.43. The van der Waals surface area contributed by atoms with Gasteiger partial charge in [-0.1, -0.05) is 31.5 Å². The number of ether oxygens (including phenoxy) is 1. The maximum absolute atomic E-state index is 12.6. The number of nitrogens with two attached hydrogens (primary N) is 1. The Morgan fingerprint density at radius 1 is 1.16 bits per heavy atom. The summed E-state index contributed by atoms with van der Waals surface area (Å²) >= 11 is 5.18. The highest BCUT2D eigenvalue weighted by molar-refractivity contribution is 7.80. The molecule has 2 N–H and O–H groups in total. The van der Waals surface area contributed by atoms with Gasteiger partial charge in [-0.25, -0.2) is 4.79 Å². The summed E-state index contributed by atoms with van der Waals surface area (Å²) in [6.45, 7) is 7.53. The lowest BCUT2D eigenvalue weighted by Gasteiger charge is -2.38. The van der Waals surface area contributed by atoms with E-state index in [0.717, 1.165) is 25.7 Å². The van der Waals surface area contributed by atoms with Gasteiger partial charge in [0, 0.05) is 19.5 Å². The number of hydrogen-bond donors (Lipinski definition) is 1. The maximum atomic E-state index is 12.6. The number of carbonyl (C=O) groups excluding carboxylic acids is 2. The Bertz CT molecular complexity index is 526. The number of nitrogens with zero attached hydrogens (tertiary/aromatic N) is 2. The van der Waals surface area contributed by atoms with E-state index in [9.17, 15) is 9.59 Å². The van der Waals surface area contributed by atoms with Crippen molar-refractivity contribution in [3.8, 4) is 0 Å². The first-order valence-corrected chi connectivity index (χ1v) is 9.59. The average molecular weight is 370 g/mol. The number of thiocarbonyl (C=S) groups is 1. The fourth-order valence-corrected chi connectivity index (χ4v) is 4.20. The normalized spacial score (nSPS) is 24.9. The lowest BCUT2D eigenvalue weighted by molar-refractivity contribution is -0.134. The summed E-state index contributed by atoms with van der Waals surface area (Å²) in [5, 5.41) is 0. The standard InChI is InChI=1S/C18H31N3O3S/c1-12(22)21(13-8-6-5-7-9-13)14-10-15(16(19)25)20(11-14)17(23)24-18(2,3)4/h13-15H,5-11H2,1-4H3,(H2,19,25)/t14-,15+/m0/s1. The van der Waals surface area contributed by atoms with E-state index in [1.807, 2.05) is 25.7 Å². The lowest BCUT2D eigenvalue weighted by Crippen LogP contribution is -2.49. The molecule has 1 saturated heterocycles. The Morgan fingerprint density at radius 3 is 2.24 bits per heavy atom. The second-order valence-electron chi connectivity index (χ2n) is 8.16. The van der Waals surface area contributed by atoms with Gasteiger partial charge in [-0.15, -0.1) is 0 Å². The Kier molecular flexibility index (Phi) is 6.30. The van der Waals surface area contributed by atoms with E-state index >= 15 is 0 Å². The molecule has 25 heavy (non-hydrogen) atoms. The number of rotatable bonds is 3. The topological polar surface area (TPSA) is 75.9 Å². The van der Waals surface area contributed by atoms with Crippen molar-refractivity contribution in [2.75, 3.05) is 6.54 Å². The predicted octanol–water partition coefficient (Wildman–Crippen LogP) is 2.83. The van der Waals surface area contributed by atoms with Crippen LogP contribution in [0, 0.1) is 0 Å². The van der Waals surface area contributed by atoms with Gasteiger partial charge < -0.3 is 15.4 Å². The highest BCUT2D eigenvalue weighted by Crippen LogP contribution is 2.31. The molecule has 6 nitrogen and oxygen atoms in total. The van der Waals surface area contributed by atoms with Crippen molar-refractivity contribution in [1.29, 1.82) is 0 Å². The zero-order valence-corrected chi connectivity index (χ0v) is 16.6. The molecule has 2 fully saturated rings. The lowest BCUT2D eigenvalue weighted by atomic mass is 9.92. The van der Waals surface area contributed by atoms with Crippen LogP contribution in [0.5, 0.6) is 0 Å². The van der Waals surface area contributed by atoms with Crippen LogP contribution in [-0.4, -0.2) is 57.1 Å². The monoisotopic (exact) mass is 369 g/mol. The molecule has 1 saturated carbocycles. The summed E-state index contributed by atoms with van der Waals surface area (Å²) in [5.41, 5.74) is 5.30. The van der Waals surface area contributed by atoms with Gasteiger partial charge in [0.25, 0.3) is 0 Å². The zero-order chi connectivity index (χ0) is 18.8. The summed E-state index contributed by atoms with van der Waals surface area (Å²) in [5.74, 6) is 0.0598. The first kappa shape index (κ1) is 19.9. The number of carbonyl (C=O) groups is 2. The molecule has 7 heteroatoms. The molecule has 2 amide bonds. The molecule has 1 aliphatic carbocycles. The quantitative estimate of drug-likeness (QED) is 0.774. The first-order valence-electron chi connectivity index (χ1n) is 9.18. The van der Waals surface area contributed by atoms with E-state index < -0.39 is 11.7 Å². The van der Waals surface area contributed by atoms with Crippen LogP contribution in [0.25, 0.3) is 0 Å². The fourth-order valence-electron chi connectivity index (χ4n) is 3.98. The minimum absolute atomic E-state index is 0.0559. The smallest absolute Gasteiger partial charge is 0.410 e. The van der Waals surface area contributed by atoms with Gasteiger partial charge in [0.1, 0.15) is 5.60 Å². The third-order valence-corrected chi connectivity index (χ3v) is 5.23. The van der Waals surface area contributed by atoms with Crippen molar-refractivity contribution in [3.05, 3.63) is 0 Å². The number of likely N-dealkylation sites (tertiary alicyclic amines) is 1. The molecule has 1 heterocycles. The minimum atomic E-state index is -0.584. The van der Waals surface area contributed by atoms with Crippen LogP contribution in [0.2, 0.25) is 0 Å². The molecule has 2 rings (SSSR count). The van der Waals surface area contributed by atoms with Crippen molar-refractivity contribution in [2.24, 2.45) is 5.73 Å². The first-order chi connectivity index (χ1) is 11.6. The van der Waals surface area contributed by atoms with Gasteiger partial charge in [-0.3, -0.25) is 9.69 Å². The summed E-state index contributed by atoms with van der Waals surface area (Å²) in [4.78, 5) is 28.8. The minimum Gasteiger partial charge on any atom is -0.444 e. The third-order valence-electron chi connectivity index (χ3n) is 4.96. The molecule has 142 valence electrons. The van der Waals surface area contributed by atoms with Crippen LogP contribution >= 0.6 is 12.2 Å². The van der Waals surface area contributed by atoms with Crippen molar-refractivity contribution in [1.82, 2.24) is 9.80 Å². The van der Waals surface area contributed by atoms with E-state index in [0.29, 0.717) is 13.0 Å². The molecule has 0 aromatic heterocycles. The second-order valence-corrected chi connectivity index (χ2v) is 8.63. The molecular formula is C18H31N3O3S. The summed E-state index contributed by atoms with van der Waals surface area (Å²) in [6, 6.07) is -0.165. The summed E-state index contributed by atoms with van der Waals surface area (Å²) < 4.78 is 5.50. The Morgan fingerprint density at radius 2 is 1.76 bits per heavy atom. The van der Waals surface area contributed by atoms with Crippen LogP contribution in [0.15, 0.2) is 0 Å². The third kappa shape index (κ3) is 5.06. The van der Waals surface area contributed by atoms with E-state index in [1.165, 1.54) is 6.42 Å². The Balaban J connectivity index is 2.17. The molecular weight excluding hydrogens is 338 g/mol. The van der Waals surface area contributed by atoms with Crippen LogP contribution in [0.3, 0.4) is 0 Å². The molecule has 0 aromatic rings. The van der Waals surface area contributed by atoms with Gasteiger partial charge >= 0.3 is 6.09 Å². The molecule has 0 unspecified atom stereocenters. The van der Waals surface area contributed by atoms with Crippen LogP contribution in [-0.2, 0) is 9.53 Å². The fraction of sp³-hybridized carbons (Fsp3) is 0.833. The molecule has 0 spiro atoms. The summed E-state index contributed by atoms with van der Waals surface area (Å²) in [7, 11) is 0. The van der Waals surface area contributed by atoms with Crippen molar-refractivity contribution >= 4 is 29.2 Å². The average Bonchev–Trinajstić information content (AvgIpc) is 2.91. The predicted molar refractivity (Wildman–Crippen MR) is 101 cm³/mol. The number of amides is 2. The van der Waals surface area contributed by atoms with Gasteiger partial charge in [-0.05, 0) is 40.0 Å². The second kappa shape index (κ2) is 7.89. The van der Waals surface area contributed by atoms with Crippen molar-refractivity contribution in [3.63, 3.8) is 0 Å². The molecule has 0 aromatic carbocycles. The number of hydrogen-bond acceptors (Lipinski definition) is 4. The molecule has 1 aliphatic heterocycles. The Hall–Kier alpha value is -1.37. The van der Waals surface area contributed by atoms with Gasteiger partial charge in [0.05, 0.1) is 17.1 Å². The van der Waals surface area contributed by atoms with Crippen LogP contribution < -0.4 is 5.73 Å². The largest absolute Gasteiger partial charge is 0.444 e. The van der Waals surface area contributed by atoms with Crippen molar-refractivity contribution < 1.29 is 14.3 Å².